The molecule has 37 heavy (non-hydrogen) atoms. The number of methoxy groups -OCH3 is 1. The van der Waals surface area contributed by atoms with Crippen molar-refractivity contribution in [3.63, 3.8) is 0 Å². The van der Waals surface area contributed by atoms with E-state index >= 15 is 0 Å². The standard InChI is InChI=1S/C28H32N4O5/c1-19-16-31(23-7-8-25(29-15-23)37-28(34)35-3)17-20(2)32(19)18-26(33)30-12-9-21(10-13-30)24-6-4-5-22-11-14-36-27(22)24/h4-9,11,14-15,19-20H,10,12-13,16-18H2,1-3H3/t19-,20+. The maximum Gasteiger partial charge on any atom is 0.514 e. The van der Waals surface area contributed by atoms with Crippen molar-refractivity contribution in [2.75, 3.05) is 44.7 Å². The molecule has 0 spiro atoms. The minimum atomic E-state index is -0.795. The Labute approximate surface area is 216 Å². The molecule has 1 aromatic carbocycles. The molecule has 0 radical (unpaired) electrons. The van der Waals surface area contributed by atoms with Gasteiger partial charge in [-0.1, -0.05) is 24.3 Å². The van der Waals surface area contributed by atoms with Crippen LogP contribution in [0.25, 0.3) is 16.5 Å². The van der Waals surface area contributed by atoms with Gasteiger partial charge in [0.1, 0.15) is 5.58 Å². The topological polar surface area (TPSA) is 88.4 Å². The number of ether oxygens (including phenoxy) is 2. The molecule has 0 aliphatic carbocycles. The third-order valence-electron chi connectivity index (χ3n) is 7.25. The summed E-state index contributed by atoms with van der Waals surface area (Å²) in [6, 6.07) is 12.1. The van der Waals surface area contributed by atoms with E-state index in [4.69, 9.17) is 9.15 Å². The van der Waals surface area contributed by atoms with E-state index in [9.17, 15) is 9.59 Å². The first kappa shape index (κ1) is 24.8. The number of furan rings is 1. The third kappa shape index (κ3) is 5.32. The number of carbonyl (C=O) groups is 2. The molecule has 0 N–H and O–H groups in total. The predicted octanol–water partition coefficient (Wildman–Crippen LogP) is 4.19. The van der Waals surface area contributed by atoms with Gasteiger partial charge in [0.25, 0.3) is 0 Å². The number of hydrogen-bond donors (Lipinski definition) is 0. The van der Waals surface area contributed by atoms with E-state index in [0.717, 1.165) is 41.7 Å². The van der Waals surface area contributed by atoms with Crippen LogP contribution in [0.15, 0.2) is 59.4 Å². The van der Waals surface area contributed by atoms with Crippen molar-refractivity contribution in [1.29, 1.82) is 0 Å². The van der Waals surface area contributed by atoms with Crippen LogP contribution < -0.4 is 9.64 Å². The van der Waals surface area contributed by atoms with Crippen molar-refractivity contribution in [3.05, 3.63) is 60.5 Å². The molecule has 0 bridgehead atoms. The molecule has 2 aliphatic rings. The molecule has 1 saturated heterocycles. The zero-order chi connectivity index (χ0) is 25.9. The highest BCUT2D eigenvalue weighted by Crippen LogP contribution is 2.30. The van der Waals surface area contributed by atoms with E-state index in [0.29, 0.717) is 19.6 Å². The number of fused-ring (bicyclic) bond motifs is 1. The van der Waals surface area contributed by atoms with Crippen LogP contribution in [0.1, 0.15) is 25.8 Å². The first-order chi connectivity index (χ1) is 17.9. The summed E-state index contributed by atoms with van der Waals surface area (Å²) in [4.78, 5) is 35.2. The van der Waals surface area contributed by atoms with Gasteiger partial charge in [-0.3, -0.25) is 9.69 Å². The number of aromatic nitrogens is 1. The molecule has 1 amide bonds. The number of anilines is 1. The van der Waals surface area contributed by atoms with Crippen molar-refractivity contribution < 1.29 is 23.5 Å². The van der Waals surface area contributed by atoms with Crippen LogP contribution in [-0.2, 0) is 9.53 Å². The highest BCUT2D eigenvalue weighted by Gasteiger charge is 2.32. The van der Waals surface area contributed by atoms with Gasteiger partial charge in [-0.2, -0.15) is 0 Å². The van der Waals surface area contributed by atoms with E-state index in [1.54, 1.807) is 18.5 Å². The Balaban J connectivity index is 1.18. The van der Waals surface area contributed by atoms with Gasteiger partial charge >= 0.3 is 6.16 Å². The fourth-order valence-corrected chi connectivity index (χ4v) is 5.27. The summed E-state index contributed by atoms with van der Waals surface area (Å²) in [5.74, 6) is 0.352. The average molecular weight is 505 g/mol. The summed E-state index contributed by atoms with van der Waals surface area (Å²) < 4.78 is 15.2. The van der Waals surface area contributed by atoms with Gasteiger partial charge in [-0.15, -0.1) is 0 Å². The second kappa shape index (κ2) is 10.6. The highest BCUT2D eigenvalue weighted by molar-refractivity contribution is 5.90. The molecule has 5 rings (SSSR count). The van der Waals surface area contributed by atoms with Gasteiger partial charge in [0, 0.05) is 55.3 Å². The van der Waals surface area contributed by atoms with E-state index in [1.807, 2.05) is 17.0 Å². The fraction of sp³-hybridized carbons (Fsp3) is 0.393. The highest BCUT2D eigenvalue weighted by atomic mass is 16.7. The summed E-state index contributed by atoms with van der Waals surface area (Å²) in [5, 5.41) is 1.10. The number of benzene rings is 1. The molecule has 1 fully saturated rings. The monoisotopic (exact) mass is 504 g/mol. The largest absolute Gasteiger partial charge is 0.514 e. The van der Waals surface area contributed by atoms with Crippen LogP contribution in [0.4, 0.5) is 10.5 Å². The Kier molecular flexibility index (Phi) is 7.14. The zero-order valence-corrected chi connectivity index (χ0v) is 21.4. The van der Waals surface area contributed by atoms with Crippen molar-refractivity contribution in [2.45, 2.75) is 32.4 Å². The zero-order valence-electron chi connectivity index (χ0n) is 21.4. The molecule has 9 heteroatoms. The third-order valence-corrected chi connectivity index (χ3v) is 7.25. The van der Waals surface area contributed by atoms with Crippen LogP contribution in [0, 0.1) is 0 Å². The maximum absolute atomic E-state index is 13.2. The number of amides is 1. The predicted molar refractivity (Wildman–Crippen MR) is 141 cm³/mol. The van der Waals surface area contributed by atoms with Crippen LogP contribution >= 0.6 is 0 Å². The van der Waals surface area contributed by atoms with Gasteiger partial charge in [-0.05, 0) is 38.0 Å². The molecule has 2 atom stereocenters. The number of pyridine rings is 1. The quantitative estimate of drug-likeness (QED) is 0.478. The molecular formula is C28H32N4O5. The lowest BCUT2D eigenvalue weighted by atomic mass is 9.98. The minimum Gasteiger partial charge on any atom is -0.464 e. The summed E-state index contributed by atoms with van der Waals surface area (Å²) in [7, 11) is 1.26. The van der Waals surface area contributed by atoms with E-state index in [1.165, 1.54) is 12.7 Å². The first-order valence-electron chi connectivity index (χ1n) is 12.6. The fourth-order valence-electron chi connectivity index (χ4n) is 5.27. The summed E-state index contributed by atoms with van der Waals surface area (Å²) in [6.07, 6.45) is 5.59. The number of hydrogen-bond acceptors (Lipinski definition) is 8. The second-order valence-electron chi connectivity index (χ2n) is 9.65. The molecule has 0 unspecified atom stereocenters. The molecule has 194 valence electrons. The number of rotatable bonds is 5. The first-order valence-corrected chi connectivity index (χ1v) is 12.6. The normalized spacial score (nSPS) is 20.6. The molecule has 4 heterocycles. The lowest BCUT2D eigenvalue weighted by Gasteiger charge is -2.45. The number of nitrogens with zero attached hydrogens (tertiary/aromatic N) is 4. The van der Waals surface area contributed by atoms with Gasteiger partial charge in [0.15, 0.2) is 0 Å². The molecule has 0 saturated carbocycles. The van der Waals surface area contributed by atoms with Gasteiger partial charge < -0.3 is 23.7 Å². The van der Waals surface area contributed by atoms with E-state index in [-0.39, 0.29) is 23.9 Å². The molecule has 2 aromatic heterocycles. The van der Waals surface area contributed by atoms with Gasteiger partial charge in [-0.25, -0.2) is 9.78 Å². The van der Waals surface area contributed by atoms with Crippen LogP contribution in [0.2, 0.25) is 0 Å². The van der Waals surface area contributed by atoms with Crippen molar-refractivity contribution >= 4 is 34.3 Å². The maximum atomic E-state index is 13.2. The van der Waals surface area contributed by atoms with E-state index in [2.05, 4.69) is 57.6 Å². The lowest BCUT2D eigenvalue weighted by molar-refractivity contribution is -0.133. The van der Waals surface area contributed by atoms with E-state index < -0.39 is 6.16 Å². The van der Waals surface area contributed by atoms with Crippen molar-refractivity contribution in [1.82, 2.24) is 14.8 Å². The van der Waals surface area contributed by atoms with Gasteiger partial charge in [0.2, 0.25) is 11.8 Å². The molecule has 3 aromatic rings. The average Bonchev–Trinajstić information content (AvgIpc) is 3.40. The Bertz CT molecular complexity index is 1290. The van der Waals surface area contributed by atoms with Crippen LogP contribution in [-0.4, -0.2) is 78.8 Å². The SMILES string of the molecule is COC(=O)Oc1ccc(N2C[C@@H](C)N(CC(=O)N3CC=C(c4cccc5ccoc45)CC3)[C@@H](C)C2)cn1. The molecule has 2 aliphatic heterocycles. The summed E-state index contributed by atoms with van der Waals surface area (Å²) in [6.45, 7) is 7.56. The van der Waals surface area contributed by atoms with Crippen LogP contribution in [0.5, 0.6) is 5.88 Å². The van der Waals surface area contributed by atoms with Crippen molar-refractivity contribution in [3.8, 4) is 5.88 Å². The summed E-state index contributed by atoms with van der Waals surface area (Å²) in [5.41, 5.74) is 4.21. The second-order valence-corrected chi connectivity index (χ2v) is 9.65. The van der Waals surface area contributed by atoms with Gasteiger partial charge in [0.05, 0.1) is 31.8 Å². The molecular weight excluding hydrogens is 472 g/mol. The summed E-state index contributed by atoms with van der Waals surface area (Å²) >= 11 is 0. The number of carbonyl (C=O) groups excluding carboxylic acids is 2. The van der Waals surface area contributed by atoms with Crippen LogP contribution in [0.3, 0.4) is 0 Å². The Hall–Kier alpha value is -3.85. The smallest absolute Gasteiger partial charge is 0.464 e. The number of para-hydroxylation sites is 1. The Morgan fingerprint density at radius 1 is 1.11 bits per heavy atom. The minimum absolute atomic E-state index is 0.157. The Morgan fingerprint density at radius 3 is 2.59 bits per heavy atom. The lowest BCUT2D eigenvalue weighted by Crippen LogP contribution is -2.59. The molecule has 9 nitrogen and oxygen atoms in total. The van der Waals surface area contributed by atoms with Crippen molar-refractivity contribution in [2.24, 2.45) is 0 Å². The number of piperazine rings is 1. The Morgan fingerprint density at radius 2 is 1.92 bits per heavy atom.